The van der Waals surface area contributed by atoms with Crippen molar-refractivity contribution in [1.82, 2.24) is 10.2 Å². The van der Waals surface area contributed by atoms with Crippen molar-refractivity contribution in [2.24, 2.45) is 5.92 Å². The molecule has 1 N–H and O–H groups in total. The molecule has 5 nitrogen and oxygen atoms in total. The molecule has 0 aromatic heterocycles. The summed E-state index contributed by atoms with van der Waals surface area (Å²) < 4.78 is 11.4. The van der Waals surface area contributed by atoms with Crippen molar-refractivity contribution in [3.8, 4) is 5.75 Å². The normalized spacial score (nSPS) is 18.7. The molecule has 1 saturated carbocycles. The van der Waals surface area contributed by atoms with Crippen LogP contribution in [0.2, 0.25) is 0 Å². The van der Waals surface area contributed by atoms with E-state index in [1.807, 2.05) is 24.3 Å². The molecule has 29 heavy (non-hydrogen) atoms. The van der Waals surface area contributed by atoms with Gasteiger partial charge in [-0.2, -0.15) is 0 Å². The Labute approximate surface area is 176 Å². The molecule has 1 aliphatic heterocycles. The number of ether oxygens (including phenoxy) is 2. The van der Waals surface area contributed by atoms with Gasteiger partial charge in [0.25, 0.3) is 0 Å². The molecule has 1 amide bonds. The minimum Gasteiger partial charge on any atom is -0.492 e. The number of likely N-dealkylation sites (N-methyl/N-ethyl adjacent to an activating group) is 1. The highest BCUT2D eigenvalue weighted by Gasteiger charge is 2.18. The summed E-state index contributed by atoms with van der Waals surface area (Å²) in [5.74, 6) is 1.80. The molecule has 1 aromatic carbocycles. The number of amides is 1. The van der Waals surface area contributed by atoms with E-state index >= 15 is 0 Å². The van der Waals surface area contributed by atoms with Crippen molar-refractivity contribution in [2.75, 3.05) is 33.4 Å². The molecule has 0 bridgehead atoms. The van der Waals surface area contributed by atoms with Gasteiger partial charge in [0.05, 0.1) is 0 Å². The largest absolute Gasteiger partial charge is 0.492 e. The van der Waals surface area contributed by atoms with Gasteiger partial charge in [-0.1, -0.05) is 44.2 Å². The van der Waals surface area contributed by atoms with Crippen LogP contribution in [-0.4, -0.2) is 50.3 Å². The average Bonchev–Trinajstić information content (AvgIpc) is 2.78. The maximum absolute atomic E-state index is 12.2. The van der Waals surface area contributed by atoms with E-state index < -0.39 is 0 Å². The van der Waals surface area contributed by atoms with Crippen LogP contribution in [0.15, 0.2) is 24.3 Å². The van der Waals surface area contributed by atoms with E-state index in [4.69, 9.17) is 9.47 Å². The van der Waals surface area contributed by atoms with Crippen LogP contribution in [-0.2, 0) is 16.1 Å². The maximum atomic E-state index is 12.2. The number of carbonyl (C=O) groups excluding carboxylic acids is 1. The van der Waals surface area contributed by atoms with Crippen LogP contribution in [0, 0.1) is 5.92 Å². The fourth-order valence-electron chi connectivity index (χ4n) is 4.46. The van der Waals surface area contributed by atoms with Gasteiger partial charge in [-0.15, -0.1) is 0 Å². The molecule has 2 fully saturated rings. The molecule has 5 heteroatoms. The van der Waals surface area contributed by atoms with E-state index in [0.29, 0.717) is 25.6 Å². The Morgan fingerprint density at radius 1 is 1.17 bits per heavy atom. The van der Waals surface area contributed by atoms with Crippen molar-refractivity contribution >= 4 is 5.91 Å². The third kappa shape index (κ3) is 7.98. The second-order valence-electron chi connectivity index (χ2n) is 8.64. The Balaban J connectivity index is 1.33. The van der Waals surface area contributed by atoms with Gasteiger partial charge in [0.2, 0.25) is 5.91 Å². The predicted octanol–water partition coefficient (Wildman–Crippen LogP) is 4.15. The standard InChI is InChI=1S/C24H38N2O3/c1-26(22-12-15-28-16-13-22)14-17-29-23-9-5-8-21(18-23)19-25-24(27)11-10-20-6-3-2-4-7-20/h5,8-9,18,20,22H,2-4,6-7,10-17,19H2,1H3,(H,25,27). The number of rotatable bonds is 10. The van der Waals surface area contributed by atoms with Crippen LogP contribution in [0.5, 0.6) is 5.75 Å². The molecule has 1 heterocycles. The third-order valence-corrected chi connectivity index (χ3v) is 6.42. The lowest BCUT2D eigenvalue weighted by atomic mass is 9.86. The van der Waals surface area contributed by atoms with Gasteiger partial charge in [-0.05, 0) is 49.9 Å². The fourth-order valence-corrected chi connectivity index (χ4v) is 4.46. The summed E-state index contributed by atoms with van der Waals surface area (Å²) in [5, 5.41) is 3.07. The number of carbonyl (C=O) groups is 1. The van der Waals surface area contributed by atoms with Crippen LogP contribution in [0.4, 0.5) is 0 Å². The van der Waals surface area contributed by atoms with Gasteiger partial charge in [0, 0.05) is 38.8 Å². The second kappa shape index (κ2) is 12.2. The molecule has 2 aliphatic rings. The first-order valence-electron chi connectivity index (χ1n) is 11.5. The lowest BCUT2D eigenvalue weighted by molar-refractivity contribution is -0.121. The molecule has 3 rings (SSSR count). The number of nitrogens with zero attached hydrogens (tertiary/aromatic N) is 1. The summed E-state index contributed by atoms with van der Waals surface area (Å²) in [6.07, 6.45) is 10.5. The highest BCUT2D eigenvalue weighted by Crippen LogP contribution is 2.27. The number of benzene rings is 1. The van der Waals surface area contributed by atoms with Crippen molar-refractivity contribution in [3.63, 3.8) is 0 Å². The Morgan fingerprint density at radius 2 is 1.97 bits per heavy atom. The molecular weight excluding hydrogens is 364 g/mol. The molecule has 162 valence electrons. The second-order valence-corrected chi connectivity index (χ2v) is 8.64. The summed E-state index contributed by atoms with van der Waals surface area (Å²) in [4.78, 5) is 14.6. The van der Waals surface area contributed by atoms with Crippen molar-refractivity contribution in [2.45, 2.75) is 70.4 Å². The minimum atomic E-state index is 0.167. The van der Waals surface area contributed by atoms with E-state index in [-0.39, 0.29) is 5.91 Å². The predicted molar refractivity (Wildman–Crippen MR) is 116 cm³/mol. The molecule has 0 spiro atoms. The highest BCUT2D eigenvalue weighted by molar-refractivity contribution is 5.75. The van der Waals surface area contributed by atoms with Crippen molar-refractivity contribution in [3.05, 3.63) is 29.8 Å². The maximum Gasteiger partial charge on any atom is 0.220 e. The Morgan fingerprint density at radius 3 is 2.76 bits per heavy atom. The van der Waals surface area contributed by atoms with E-state index in [0.717, 1.165) is 56.3 Å². The Bertz CT molecular complexity index is 610. The number of nitrogens with one attached hydrogen (secondary N) is 1. The summed E-state index contributed by atoms with van der Waals surface area (Å²) in [6, 6.07) is 8.67. The van der Waals surface area contributed by atoms with E-state index in [1.54, 1.807) is 0 Å². The molecule has 1 aromatic rings. The summed E-state index contributed by atoms with van der Waals surface area (Å²) in [6.45, 7) is 3.88. The Hall–Kier alpha value is -1.59. The molecule has 0 unspecified atom stereocenters. The van der Waals surface area contributed by atoms with Gasteiger partial charge < -0.3 is 14.8 Å². The van der Waals surface area contributed by atoms with E-state index in [2.05, 4.69) is 17.3 Å². The van der Waals surface area contributed by atoms with Gasteiger partial charge in [-0.3, -0.25) is 9.69 Å². The minimum absolute atomic E-state index is 0.167. The van der Waals surface area contributed by atoms with E-state index in [9.17, 15) is 4.79 Å². The fraction of sp³-hybridized carbons (Fsp3) is 0.708. The zero-order valence-corrected chi connectivity index (χ0v) is 18.0. The van der Waals surface area contributed by atoms with Crippen LogP contribution in [0.25, 0.3) is 0 Å². The van der Waals surface area contributed by atoms with Crippen LogP contribution >= 0.6 is 0 Å². The molecular formula is C24H38N2O3. The van der Waals surface area contributed by atoms with Gasteiger partial charge >= 0.3 is 0 Å². The third-order valence-electron chi connectivity index (χ3n) is 6.42. The molecule has 0 radical (unpaired) electrons. The quantitative estimate of drug-likeness (QED) is 0.639. The first-order chi connectivity index (χ1) is 14.2. The monoisotopic (exact) mass is 402 g/mol. The van der Waals surface area contributed by atoms with Crippen molar-refractivity contribution < 1.29 is 14.3 Å². The highest BCUT2D eigenvalue weighted by atomic mass is 16.5. The molecule has 0 atom stereocenters. The first kappa shape index (κ1) is 22.1. The SMILES string of the molecule is CN(CCOc1cccc(CNC(=O)CCC2CCCCC2)c1)C1CCOCC1. The molecule has 1 saturated heterocycles. The van der Waals surface area contributed by atoms with Gasteiger partial charge in [-0.25, -0.2) is 0 Å². The Kier molecular flexibility index (Phi) is 9.29. The van der Waals surface area contributed by atoms with Gasteiger partial charge in [0.15, 0.2) is 0 Å². The van der Waals surface area contributed by atoms with Crippen LogP contribution < -0.4 is 10.1 Å². The van der Waals surface area contributed by atoms with Gasteiger partial charge in [0.1, 0.15) is 12.4 Å². The number of hydrogen-bond acceptors (Lipinski definition) is 4. The van der Waals surface area contributed by atoms with Crippen LogP contribution in [0.3, 0.4) is 0 Å². The lowest BCUT2D eigenvalue weighted by Gasteiger charge is -2.31. The summed E-state index contributed by atoms with van der Waals surface area (Å²) >= 11 is 0. The first-order valence-corrected chi connectivity index (χ1v) is 11.5. The zero-order chi connectivity index (χ0) is 20.3. The average molecular weight is 403 g/mol. The summed E-state index contributed by atoms with van der Waals surface area (Å²) in [5.41, 5.74) is 1.09. The number of hydrogen-bond donors (Lipinski definition) is 1. The molecule has 1 aliphatic carbocycles. The van der Waals surface area contributed by atoms with Crippen LogP contribution in [0.1, 0.15) is 63.4 Å². The summed E-state index contributed by atoms with van der Waals surface area (Å²) in [7, 11) is 2.17. The van der Waals surface area contributed by atoms with E-state index in [1.165, 1.54) is 32.1 Å². The van der Waals surface area contributed by atoms with Crippen molar-refractivity contribution in [1.29, 1.82) is 0 Å². The topological polar surface area (TPSA) is 50.8 Å². The lowest BCUT2D eigenvalue weighted by Crippen LogP contribution is -2.38. The smallest absolute Gasteiger partial charge is 0.220 e. The zero-order valence-electron chi connectivity index (χ0n) is 18.0.